The Labute approximate surface area is 121 Å². The molecule has 0 aliphatic carbocycles. The van der Waals surface area contributed by atoms with Gasteiger partial charge < -0.3 is 10.6 Å². The van der Waals surface area contributed by atoms with E-state index in [1.165, 1.54) is 24.3 Å². The second-order valence-electron chi connectivity index (χ2n) is 4.37. The molecule has 1 amide bonds. The Balaban J connectivity index is 1.94. The second-order valence-corrected chi connectivity index (χ2v) is 4.81. The van der Waals surface area contributed by atoms with Crippen molar-refractivity contribution in [3.8, 4) is 0 Å². The van der Waals surface area contributed by atoms with Gasteiger partial charge in [0.05, 0.1) is 0 Å². The van der Waals surface area contributed by atoms with E-state index in [4.69, 9.17) is 11.6 Å². The van der Waals surface area contributed by atoms with Crippen LogP contribution in [0.15, 0.2) is 48.5 Å². The van der Waals surface area contributed by atoms with Gasteiger partial charge in [-0.3, -0.25) is 4.79 Å². The first-order chi connectivity index (χ1) is 9.54. The highest BCUT2D eigenvalue weighted by Gasteiger charge is 2.12. The molecule has 0 radical (unpaired) electrons. The molecule has 20 heavy (non-hydrogen) atoms. The number of hydrogen-bond donors (Lipinski definition) is 2. The minimum absolute atomic E-state index is 0.202. The highest BCUT2D eigenvalue weighted by molar-refractivity contribution is 6.30. The number of hydrogen-bond acceptors (Lipinski definition) is 2. The average molecular weight is 293 g/mol. The molecule has 2 N–H and O–H groups in total. The van der Waals surface area contributed by atoms with Gasteiger partial charge in [-0.1, -0.05) is 11.6 Å². The number of anilines is 2. The Morgan fingerprint density at radius 2 is 1.60 bits per heavy atom. The SMILES string of the molecule is C[C@@H](Nc1ccc(Cl)cc1)C(=O)Nc1ccc(F)cc1. The van der Waals surface area contributed by atoms with Crippen LogP contribution in [0.25, 0.3) is 0 Å². The number of benzene rings is 2. The zero-order valence-corrected chi connectivity index (χ0v) is 11.6. The number of halogens is 2. The first-order valence-corrected chi connectivity index (χ1v) is 6.51. The lowest BCUT2D eigenvalue weighted by atomic mass is 10.2. The summed E-state index contributed by atoms with van der Waals surface area (Å²) >= 11 is 5.79. The smallest absolute Gasteiger partial charge is 0.246 e. The molecule has 0 fully saturated rings. The highest BCUT2D eigenvalue weighted by atomic mass is 35.5. The summed E-state index contributed by atoms with van der Waals surface area (Å²) in [5.41, 5.74) is 1.36. The van der Waals surface area contributed by atoms with Crippen molar-refractivity contribution < 1.29 is 9.18 Å². The van der Waals surface area contributed by atoms with E-state index in [1.54, 1.807) is 31.2 Å². The average Bonchev–Trinajstić information content (AvgIpc) is 2.44. The van der Waals surface area contributed by atoms with Gasteiger partial charge >= 0.3 is 0 Å². The predicted molar refractivity (Wildman–Crippen MR) is 79.6 cm³/mol. The summed E-state index contributed by atoms with van der Waals surface area (Å²) < 4.78 is 12.8. The molecule has 5 heteroatoms. The predicted octanol–water partition coefficient (Wildman–Crippen LogP) is 3.92. The van der Waals surface area contributed by atoms with Crippen molar-refractivity contribution in [2.75, 3.05) is 10.6 Å². The van der Waals surface area contributed by atoms with E-state index >= 15 is 0 Å². The fraction of sp³-hybridized carbons (Fsp3) is 0.133. The van der Waals surface area contributed by atoms with E-state index in [-0.39, 0.29) is 11.7 Å². The summed E-state index contributed by atoms with van der Waals surface area (Å²) in [7, 11) is 0. The van der Waals surface area contributed by atoms with Crippen LogP contribution in [-0.2, 0) is 4.79 Å². The summed E-state index contributed by atoms with van der Waals surface area (Å²) in [6, 6.07) is 12.3. The Morgan fingerprint density at radius 3 is 2.20 bits per heavy atom. The molecule has 0 unspecified atom stereocenters. The minimum Gasteiger partial charge on any atom is -0.374 e. The first kappa shape index (κ1) is 14.3. The molecule has 2 aromatic carbocycles. The normalized spacial score (nSPS) is 11.8. The van der Waals surface area contributed by atoms with Crippen LogP contribution in [-0.4, -0.2) is 11.9 Å². The van der Waals surface area contributed by atoms with Crippen molar-refractivity contribution in [1.82, 2.24) is 0 Å². The highest BCUT2D eigenvalue weighted by Crippen LogP contribution is 2.15. The van der Waals surface area contributed by atoms with E-state index in [9.17, 15) is 9.18 Å². The molecule has 2 aromatic rings. The molecule has 2 rings (SSSR count). The standard InChI is InChI=1S/C15H14ClFN2O/c1-10(18-13-6-2-11(16)3-7-13)15(20)19-14-8-4-12(17)5-9-14/h2-10,18H,1H3,(H,19,20)/t10-/m1/s1. The number of carbonyl (C=O) groups excluding carboxylic acids is 1. The fourth-order valence-corrected chi connectivity index (χ4v) is 1.77. The monoisotopic (exact) mass is 292 g/mol. The molecule has 3 nitrogen and oxygen atoms in total. The lowest BCUT2D eigenvalue weighted by Gasteiger charge is -2.15. The van der Waals surface area contributed by atoms with Crippen molar-refractivity contribution >= 4 is 28.9 Å². The van der Waals surface area contributed by atoms with Crippen LogP contribution in [0, 0.1) is 5.82 Å². The zero-order valence-electron chi connectivity index (χ0n) is 10.9. The third kappa shape index (κ3) is 3.96. The largest absolute Gasteiger partial charge is 0.374 e. The molecule has 0 heterocycles. The maximum absolute atomic E-state index is 12.8. The summed E-state index contributed by atoms with van der Waals surface area (Å²) in [4.78, 5) is 12.0. The van der Waals surface area contributed by atoms with Crippen molar-refractivity contribution in [1.29, 1.82) is 0 Å². The van der Waals surface area contributed by atoms with E-state index in [0.717, 1.165) is 5.69 Å². The molecule has 0 aliphatic heterocycles. The van der Waals surface area contributed by atoms with Crippen molar-refractivity contribution in [2.24, 2.45) is 0 Å². The van der Waals surface area contributed by atoms with Crippen molar-refractivity contribution in [2.45, 2.75) is 13.0 Å². The Morgan fingerprint density at radius 1 is 1.05 bits per heavy atom. The summed E-state index contributed by atoms with van der Waals surface area (Å²) in [5, 5.41) is 6.40. The Hall–Kier alpha value is -2.07. The summed E-state index contributed by atoms with van der Waals surface area (Å²) in [5.74, 6) is -0.540. The van der Waals surface area contributed by atoms with Crippen LogP contribution in [0.3, 0.4) is 0 Å². The molecule has 1 atom stereocenters. The zero-order chi connectivity index (χ0) is 14.5. The van der Waals surface area contributed by atoms with Crippen LogP contribution >= 0.6 is 11.6 Å². The summed E-state index contributed by atoms with van der Waals surface area (Å²) in [6.45, 7) is 1.74. The molecule has 0 spiro atoms. The van der Waals surface area contributed by atoms with Crippen molar-refractivity contribution in [3.05, 3.63) is 59.4 Å². The molecule has 104 valence electrons. The third-order valence-electron chi connectivity index (χ3n) is 2.73. The van der Waals surface area contributed by atoms with Gasteiger partial charge in [0.1, 0.15) is 11.9 Å². The van der Waals surface area contributed by atoms with E-state index in [0.29, 0.717) is 10.7 Å². The molecule has 0 aromatic heterocycles. The van der Waals surface area contributed by atoms with Crippen LogP contribution < -0.4 is 10.6 Å². The van der Waals surface area contributed by atoms with Gasteiger partial charge in [-0.05, 0) is 55.5 Å². The van der Waals surface area contributed by atoms with Gasteiger partial charge in [0.2, 0.25) is 5.91 Å². The van der Waals surface area contributed by atoms with Gasteiger partial charge in [-0.25, -0.2) is 4.39 Å². The number of rotatable bonds is 4. The lowest BCUT2D eigenvalue weighted by Crippen LogP contribution is -2.31. The fourth-order valence-electron chi connectivity index (χ4n) is 1.65. The Kier molecular flexibility index (Phi) is 4.58. The number of carbonyl (C=O) groups is 1. The summed E-state index contributed by atoms with van der Waals surface area (Å²) in [6.07, 6.45) is 0. The van der Waals surface area contributed by atoms with E-state index < -0.39 is 6.04 Å². The number of nitrogens with one attached hydrogen (secondary N) is 2. The second kappa shape index (κ2) is 6.39. The van der Waals surface area contributed by atoms with E-state index in [2.05, 4.69) is 10.6 Å². The van der Waals surface area contributed by atoms with Gasteiger partial charge in [-0.2, -0.15) is 0 Å². The molecular formula is C15H14ClFN2O. The maximum atomic E-state index is 12.8. The van der Waals surface area contributed by atoms with Gasteiger partial charge in [0.25, 0.3) is 0 Å². The Bertz CT molecular complexity index is 584. The molecule has 0 saturated heterocycles. The van der Waals surface area contributed by atoms with Crippen molar-refractivity contribution in [3.63, 3.8) is 0 Å². The minimum atomic E-state index is -0.429. The number of amides is 1. The lowest BCUT2D eigenvalue weighted by molar-refractivity contribution is -0.116. The molecule has 0 aliphatic rings. The molecular weight excluding hydrogens is 279 g/mol. The van der Waals surface area contributed by atoms with E-state index in [1.807, 2.05) is 0 Å². The first-order valence-electron chi connectivity index (χ1n) is 6.13. The quantitative estimate of drug-likeness (QED) is 0.897. The molecule has 0 bridgehead atoms. The van der Waals surface area contributed by atoms with Gasteiger partial charge in [-0.15, -0.1) is 0 Å². The van der Waals surface area contributed by atoms with Crippen LogP contribution in [0.4, 0.5) is 15.8 Å². The maximum Gasteiger partial charge on any atom is 0.246 e. The third-order valence-corrected chi connectivity index (χ3v) is 2.98. The van der Waals surface area contributed by atoms with Gasteiger partial charge in [0, 0.05) is 16.4 Å². The topological polar surface area (TPSA) is 41.1 Å². The van der Waals surface area contributed by atoms with Crippen LogP contribution in [0.2, 0.25) is 5.02 Å². The van der Waals surface area contributed by atoms with Gasteiger partial charge in [0.15, 0.2) is 0 Å². The van der Waals surface area contributed by atoms with Crippen LogP contribution in [0.5, 0.6) is 0 Å². The molecule has 0 saturated carbocycles. The van der Waals surface area contributed by atoms with Crippen LogP contribution in [0.1, 0.15) is 6.92 Å².